The number of rotatable bonds is 4. The Kier molecular flexibility index (Phi) is 4.26. The zero-order chi connectivity index (χ0) is 13.0. The van der Waals surface area contributed by atoms with Crippen LogP contribution in [0.25, 0.3) is 0 Å². The molecule has 0 unspecified atom stereocenters. The van der Waals surface area contributed by atoms with Crippen LogP contribution in [0.5, 0.6) is 0 Å². The van der Waals surface area contributed by atoms with E-state index in [4.69, 9.17) is 5.11 Å². The van der Waals surface area contributed by atoms with Crippen LogP contribution in [0.15, 0.2) is 24.3 Å². The van der Waals surface area contributed by atoms with Crippen molar-refractivity contribution >= 4 is 11.9 Å². The summed E-state index contributed by atoms with van der Waals surface area (Å²) in [6, 6.07) is 6.34. The van der Waals surface area contributed by atoms with Crippen LogP contribution in [0.4, 0.5) is 0 Å². The summed E-state index contributed by atoms with van der Waals surface area (Å²) >= 11 is 0. The Bertz CT molecular complexity index is 426. The van der Waals surface area contributed by atoms with Crippen LogP contribution < -0.4 is 0 Å². The molecular formula is C13H17NO3. The summed E-state index contributed by atoms with van der Waals surface area (Å²) in [5.41, 5.74) is 0.298. The normalized spacial score (nSPS) is 10.4. The van der Waals surface area contributed by atoms with Gasteiger partial charge >= 0.3 is 5.97 Å². The number of hydrogen-bond donors (Lipinski definition) is 1. The van der Waals surface area contributed by atoms with Gasteiger partial charge in [-0.2, -0.15) is 0 Å². The fraction of sp³-hybridized carbons (Fsp3) is 0.385. The van der Waals surface area contributed by atoms with Gasteiger partial charge in [0.15, 0.2) is 0 Å². The number of carboxylic acid groups (broad SMARTS) is 1. The summed E-state index contributed by atoms with van der Waals surface area (Å²) in [4.78, 5) is 24.9. The molecule has 1 rings (SSSR count). The Balaban J connectivity index is 3.15. The third-order valence-electron chi connectivity index (χ3n) is 2.61. The molecule has 0 fully saturated rings. The largest absolute Gasteiger partial charge is 0.478 e. The van der Waals surface area contributed by atoms with Gasteiger partial charge < -0.3 is 10.0 Å². The number of amides is 1. The molecule has 0 aliphatic rings. The number of carbonyl (C=O) groups is 2. The first-order valence-corrected chi connectivity index (χ1v) is 5.62. The topological polar surface area (TPSA) is 57.6 Å². The van der Waals surface area contributed by atoms with E-state index in [1.165, 1.54) is 6.07 Å². The van der Waals surface area contributed by atoms with E-state index in [0.717, 1.165) is 0 Å². The molecular weight excluding hydrogens is 218 g/mol. The number of nitrogens with zero attached hydrogens (tertiary/aromatic N) is 1. The van der Waals surface area contributed by atoms with E-state index in [9.17, 15) is 9.59 Å². The molecule has 1 N–H and O–H groups in total. The lowest BCUT2D eigenvalue weighted by molar-refractivity contribution is 0.0662. The Hall–Kier alpha value is -1.84. The SMILES string of the molecule is CCN(C(=O)c1ccccc1C(=O)O)C(C)C. The predicted octanol–water partition coefficient (Wildman–Crippen LogP) is 2.26. The molecule has 0 aliphatic carbocycles. The zero-order valence-corrected chi connectivity index (χ0v) is 10.3. The molecule has 92 valence electrons. The molecule has 1 amide bonds. The van der Waals surface area contributed by atoms with Gasteiger partial charge in [0, 0.05) is 12.6 Å². The third kappa shape index (κ3) is 2.84. The van der Waals surface area contributed by atoms with Gasteiger partial charge in [0.2, 0.25) is 0 Å². The van der Waals surface area contributed by atoms with E-state index in [1.54, 1.807) is 23.1 Å². The first-order valence-electron chi connectivity index (χ1n) is 5.62. The van der Waals surface area contributed by atoms with Crippen LogP contribution in [-0.2, 0) is 0 Å². The maximum atomic E-state index is 12.2. The number of carboxylic acids is 1. The molecule has 0 saturated heterocycles. The van der Waals surface area contributed by atoms with E-state index in [1.807, 2.05) is 20.8 Å². The molecule has 0 radical (unpaired) electrons. The number of aromatic carboxylic acids is 1. The van der Waals surface area contributed by atoms with Crippen molar-refractivity contribution in [2.45, 2.75) is 26.8 Å². The van der Waals surface area contributed by atoms with Crippen LogP contribution >= 0.6 is 0 Å². The summed E-state index contributed by atoms with van der Waals surface area (Å²) < 4.78 is 0. The highest BCUT2D eigenvalue weighted by Crippen LogP contribution is 2.13. The van der Waals surface area contributed by atoms with Gasteiger partial charge in [-0.15, -0.1) is 0 Å². The minimum Gasteiger partial charge on any atom is -0.478 e. The lowest BCUT2D eigenvalue weighted by Gasteiger charge is -2.25. The van der Waals surface area contributed by atoms with Crippen LogP contribution in [0.1, 0.15) is 41.5 Å². The second kappa shape index (κ2) is 5.48. The van der Waals surface area contributed by atoms with Crippen molar-refractivity contribution in [3.8, 4) is 0 Å². The first-order chi connectivity index (χ1) is 7.99. The monoisotopic (exact) mass is 235 g/mol. The van der Waals surface area contributed by atoms with Gasteiger partial charge in [0.1, 0.15) is 0 Å². The summed E-state index contributed by atoms with van der Waals surface area (Å²) in [6.45, 7) is 6.25. The lowest BCUT2D eigenvalue weighted by atomic mass is 10.1. The molecule has 1 aromatic rings. The Morgan fingerprint density at radius 1 is 1.24 bits per heavy atom. The van der Waals surface area contributed by atoms with Gasteiger partial charge in [0.25, 0.3) is 5.91 Å². The molecule has 17 heavy (non-hydrogen) atoms. The molecule has 0 aromatic heterocycles. The van der Waals surface area contributed by atoms with Crippen molar-refractivity contribution in [1.82, 2.24) is 4.90 Å². The van der Waals surface area contributed by atoms with E-state index < -0.39 is 5.97 Å². The quantitative estimate of drug-likeness (QED) is 0.870. The highest BCUT2D eigenvalue weighted by molar-refractivity contribution is 6.04. The molecule has 1 aromatic carbocycles. The van der Waals surface area contributed by atoms with Gasteiger partial charge in [-0.25, -0.2) is 4.79 Å². The molecule has 4 heteroatoms. The summed E-state index contributed by atoms with van der Waals surface area (Å²) in [7, 11) is 0. The number of hydrogen-bond acceptors (Lipinski definition) is 2. The fourth-order valence-corrected chi connectivity index (χ4v) is 1.75. The molecule has 0 saturated carbocycles. The smallest absolute Gasteiger partial charge is 0.336 e. The Labute approximate surface area is 101 Å². The van der Waals surface area contributed by atoms with Crippen molar-refractivity contribution in [3.05, 3.63) is 35.4 Å². The summed E-state index contributed by atoms with van der Waals surface area (Å²) in [5, 5.41) is 9.04. The average Bonchev–Trinajstić information content (AvgIpc) is 2.29. The zero-order valence-electron chi connectivity index (χ0n) is 10.3. The van der Waals surface area contributed by atoms with Crippen LogP contribution in [-0.4, -0.2) is 34.5 Å². The molecule has 0 aliphatic heterocycles. The van der Waals surface area contributed by atoms with Gasteiger partial charge in [0.05, 0.1) is 11.1 Å². The van der Waals surface area contributed by atoms with Crippen molar-refractivity contribution in [2.75, 3.05) is 6.54 Å². The molecule has 0 spiro atoms. The Morgan fingerprint density at radius 2 is 1.76 bits per heavy atom. The van der Waals surface area contributed by atoms with E-state index in [-0.39, 0.29) is 23.1 Å². The van der Waals surface area contributed by atoms with E-state index in [2.05, 4.69) is 0 Å². The predicted molar refractivity (Wildman–Crippen MR) is 65.2 cm³/mol. The summed E-state index contributed by atoms with van der Waals surface area (Å²) in [6.07, 6.45) is 0. The molecule has 0 bridgehead atoms. The van der Waals surface area contributed by atoms with Crippen molar-refractivity contribution < 1.29 is 14.7 Å². The second-order valence-electron chi connectivity index (χ2n) is 4.04. The second-order valence-corrected chi connectivity index (χ2v) is 4.04. The molecule has 4 nitrogen and oxygen atoms in total. The van der Waals surface area contributed by atoms with Crippen LogP contribution in [0.2, 0.25) is 0 Å². The standard InChI is InChI=1S/C13H17NO3/c1-4-14(9(2)3)12(15)10-7-5-6-8-11(10)13(16)17/h5-9H,4H2,1-3H3,(H,16,17). The molecule has 0 atom stereocenters. The highest BCUT2D eigenvalue weighted by Gasteiger charge is 2.21. The minimum absolute atomic E-state index is 0.0503. The Morgan fingerprint density at radius 3 is 2.18 bits per heavy atom. The fourth-order valence-electron chi connectivity index (χ4n) is 1.75. The number of carbonyl (C=O) groups excluding carboxylic acids is 1. The minimum atomic E-state index is -1.08. The van der Waals surface area contributed by atoms with Crippen molar-refractivity contribution in [1.29, 1.82) is 0 Å². The van der Waals surface area contributed by atoms with Crippen molar-refractivity contribution in [3.63, 3.8) is 0 Å². The average molecular weight is 235 g/mol. The van der Waals surface area contributed by atoms with E-state index >= 15 is 0 Å². The maximum absolute atomic E-state index is 12.2. The van der Waals surface area contributed by atoms with Gasteiger partial charge in [-0.1, -0.05) is 12.1 Å². The van der Waals surface area contributed by atoms with Crippen LogP contribution in [0, 0.1) is 0 Å². The number of benzene rings is 1. The summed E-state index contributed by atoms with van der Waals surface area (Å²) in [5.74, 6) is -1.31. The highest BCUT2D eigenvalue weighted by atomic mass is 16.4. The van der Waals surface area contributed by atoms with Crippen LogP contribution in [0.3, 0.4) is 0 Å². The van der Waals surface area contributed by atoms with E-state index in [0.29, 0.717) is 6.54 Å². The van der Waals surface area contributed by atoms with Gasteiger partial charge in [-0.3, -0.25) is 4.79 Å². The molecule has 0 heterocycles. The first kappa shape index (κ1) is 13.2. The maximum Gasteiger partial charge on any atom is 0.336 e. The third-order valence-corrected chi connectivity index (χ3v) is 2.61. The lowest BCUT2D eigenvalue weighted by Crippen LogP contribution is -2.37. The van der Waals surface area contributed by atoms with Crippen molar-refractivity contribution in [2.24, 2.45) is 0 Å². The van der Waals surface area contributed by atoms with Gasteiger partial charge in [-0.05, 0) is 32.9 Å².